The van der Waals surface area contributed by atoms with Gasteiger partial charge in [-0.1, -0.05) is 24.3 Å². The van der Waals surface area contributed by atoms with Crippen molar-refractivity contribution in [2.45, 2.75) is 44.1 Å². The third-order valence-electron chi connectivity index (χ3n) is 3.99. The van der Waals surface area contributed by atoms with E-state index in [0.717, 1.165) is 11.1 Å². The minimum Gasteiger partial charge on any atom is -0.383 e. The summed E-state index contributed by atoms with van der Waals surface area (Å²) < 4.78 is 27.6. The molecular weight excluding hydrogens is 264 g/mol. The second kappa shape index (κ2) is 5.48. The molecule has 1 amide bonds. The van der Waals surface area contributed by atoms with E-state index in [9.17, 15) is 18.7 Å². The van der Waals surface area contributed by atoms with Gasteiger partial charge in [0.15, 0.2) is 0 Å². The molecule has 1 saturated carbocycles. The number of aliphatic hydroxyl groups is 1. The van der Waals surface area contributed by atoms with E-state index >= 15 is 0 Å². The van der Waals surface area contributed by atoms with Gasteiger partial charge in [-0.05, 0) is 43.7 Å². The predicted molar refractivity (Wildman–Crippen MR) is 71.6 cm³/mol. The molecule has 2 N–H and O–H groups in total. The zero-order valence-corrected chi connectivity index (χ0v) is 11.5. The first-order chi connectivity index (χ1) is 9.37. The number of hydrogen-bond donors (Lipinski definition) is 2. The first-order valence-electron chi connectivity index (χ1n) is 6.80. The van der Waals surface area contributed by atoms with Crippen LogP contribution in [0.4, 0.5) is 8.78 Å². The van der Waals surface area contributed by atoms with Crippen LogP contribution in [0.15, 0.2) is 24.3 Å². The maximum atomic E-state index is 13.8. The molecule has 0 heterocycles. The monoisotopic (exact) mass is 283 g/mol. The van der Waals surface area contributed by atoms with E-state index in [2.05, 4.69) is 5.32 Å². The maximum Gasteiger partial charge on any atom is 0.352 e. The van der Waals surface area contributed by atoms with Gasteiger partial charge in [0.25, 0.3) is 5.91 Å². The number of halogens is 2. The fraction of sp³-hybridized carbons (Fsp3) is 0.533. The van der Waals surface area contributed by atoms with E-state index in [1.54, 1.807) is 0 Å². The number of aryl methyl sites for hydroxylation is 1. The lowest BCUT2D eigenvalue weighted by molar-refractivity contribution is -0.215. The first-order valence-corrected chi connectivity index (χ1v) is 6.80. The van der Waals surface area contributed by atoms with Gasteiger partial charge in [0.1, 0.15) is 5.60 Å². The number of nitrogens with one attached hydrogen (secondary N) is 1. The number of hydrogen-bond acceptors (Lipinski definition) is 2. The number of carbonyl (C=O) groups excluding carboxylic acids is 1. The molecule has 0 bridgehead atoms. The van der Waals surface area contributed by atoms with Crippen LogP contribution >= 0.6 is 0 Å². The van der Waals surface area contributed by atoms with Gasteiger partial charge in [-0.2, -0.15) is 8.78 Å². The third-order valence-corrected chi connectivity index (χ3v) is 3.99. The van der Waals surface area contributed by atoms with Gasteiger partial charge in [0.2, 0.25) is 0 Å². The van der Waals surface area contributed by atoms with Gasteiger partial charge in [-0.3, -0.25) is 4.79 Å². The van der Waals surface area contributed by atoms with Gasteiger partial charge >= 0.3 is 5.92 Å². The molecule has 20 heavy (non-hydrogen) atoms. The van der Waals surface area contributed by atoms with Crippen LogP contribution < -0.4 is 5.32 Å². The predicted octanol–water partition coefficient (Wildman–Crippen LogP) is 2.20. The van der Waals surface area contributed by atoms with E-state index in [1.165, 1.54) is 0 Å². The van der Waals surface area contributed by atoms with Crippen LogP contribution in [0.3, 0.4) is 0 Å². The van der Waals surface area contributed by atoms with Crippen molar-refractivity contribution in [1.29, 1.82) is 0 Å². The Morgan fingerprint density at radius 2 is 2.05 bits per heavy atom. The molecule has 1 aromatic carbocycles. The Morgan fingerprint density at radius 3 is 2.60 bits per heavy atom. The highest BCUT2D eigenvalue weighted by Crippen LogP contribution is 2.44. The number of amides is 1. The summed E-state index contributed by atoms with van der Waals surface area (Å²) in [6, 6.07) is 7.61. The van der Waals surface area contributed by atoms with Crippen molar-refractivity contribution in [3.63, 3.8) is 0 Å². The van der Waals surface area contributed by atoms with E-state index in [-0.39, 0.29) is 19.4 Å². The summed E-state index contributed by atoms with van der Waals surface area (Å²) in [4.78, 5) is 11.6. The Labute approximate surface area is 117 Å². The second-order valence-corrected chi connectivity index (χ2v) is 5.39. The van der Waals surface area contributed by atoms with Crippen molar-refractivity contribution < 1.29 is 18.7 Å². The maximum absolute atomic E-state index is 13.8. The molecule has 1 aliphatic carbocycles. The molecule has 0 aliphatic heterocycles. The van der Waals surface area contributed by atoms with Crippen LogP contribution in [-0.4, -0.2) is 29.1 Å². The van der Waals surface area contributed by atoms with Crippen LogP contribution in [-0.2, 0) is 11.2 Å². The van der Waals surface area contributed by atoms with Crippen LogP contribution in [0, 0.1) is 6.92 Å². The van der Waals surface area contributed by atoms with Crippen molar-refractivity contribution in [2.75, 3.05) is 6.54 Å². The Bertz CT molecular complexity index is 498. The second-order valence-electron chi connectivity index (χ2n) is 5.39. The fourth-order valence-corrected chi connectivity index (χ4v) is 2.35. The largest absolute Gasteiger partial charge is 0.383 e. The lowest BCUT2D eigenvalue weighted by Crippen LogP contribution is -2.60. The molecule has 0 aromatic heterocycles. The highest BCUT2D eigenvalue weighted by Gasteiger charge is 2.60. The molecule has 1 aromatic rings. The summed E-state index contributed by atoms with van der Waals surface area (Å²) in [5.74, 6) is -5.09. The normalized spacial score (nSPS) is 17.4. The summed E-state index contributed by atoms with van der Waals surface area (Å²) in [5, 5.41) is 11.9. The third kappa shape index (κ3) is 2.68. The van der Waals surface area contributed by atoms with Gasteiger partial charge in [0.05, 0.1) is 0 Å². The van der Waals surface area contributed by atoms with E-state index in [1.807, 2.05) is 31.2 Å². The highest BCUT2D eigenvalue weighted by molar-refractivity contribution is 5.85. The number of carbonyl (C=O) groups is 1. The molecule has 0 spiro atoms. The number of rotatable bonds is 5. The van der Waals surface area contributed by atoms with Crippen molar-refractivity contribution in [1.82, 2.24) is 5.32 Å². The average Bonchev–Trinajstić information content (AvgIpc) is 2.37. The molecule has 1 fully saturated rings. The van der Waals surface area contributed by atoms with Crippen LogP contribution in [0.5, 0.6) is 0 Å². The topological polar surface area (TPSA) is 49.3 Å². The van der Waals surface area contributed by atoms with Crippen molar-refractivity contribution in [2.24, 2.45) is 0 Å². The quantitative estimate of drug-likeness (QED) is 0.870. The molecule has 3 nitrogen and oxygen atoms in total. The highest BCUT2D eigenvalue weighted by atomic mass is 19.3. The van der Waals surface area contributed by atoms with Crippen molar-refractivity contribution in [3.05, 3.63) is 35.4 Å². The average molecular weight is 283 g/mol. The Kier molecular flexibility index (Phi) is 4.09. The molecule has 0 radical (unpaired) electrons. The van der Waals surface area contributed by atoms with Gasteiger partial charge in [0, 0.05) is 6.54 Å². The summed E-state index contributed by atoms with van der Waals surface area (Å²) >= 11 is 0. The van der Waals surface area contributed by atoms with Gasteiger partial charge in [-0.15, -0.1) is 0 Å². The molecule has 0 saturated heterocycles. The molecule has 2 rings (SSSR count). The lowest BCUT2D eigenvalue weighted by Gasteiger charge is -2.41. The molecule has 0 atom stereocenters. The van der Waals surface area contributed by atoms with Crippen LogP contribution in [0.1, 0.15) is 30.4 Å². The van der Waals surface area contributed by atoms with Gasteiger partial charge in [-0.25, -0.2) is 0 Å². The zero-order valence-electron chi connectivity index (χ0n) is 11.5. The molecular formula is C15H19F2NO2. The Hall–Kier alpha value is -1.49. The Morgan fingerprint density at radius 1 is 1.40 bits per heavy atom. The summed E-state index contributed by atoms with van der Waals surface area (Å²) in [5.41, 5.74) is -0.0793. The lowest BCUT2D eigenvalue weighted by atomic mass is 9.75. The molecule has 5 heteroatoms. The van der Waals surface area contributed by atoms with E-state index in [4.69, 9.17) is 0 Å². The summed E-state index contributed by atoms with van der Waals surface area (Å²) in [6.45, 7) is 2.07. The number of alkyl halides is 2. The molecule has 1 aliphatic rings. The van der Waals surface area contributed by atoms with Crippen LogP contribution in [0.25, 0.3) is 0 Å². The van der Waals surface area contributed by atoms with E-state index in [0.29, 0.717) is 12.8 Å². The smallest absolute Gasteiger partial charge is 0.352 e. The molecule has 0 unspecified atom stereocenters. The minimum absolute atomic E-state index is 0.0226. The Balaban J connectivity index is 1.88. The van der Waals surface area contributed by atoms with Crippen molar-refractivity contribution >= 4 is 5.91 Å². The summed E-state index contributed by atoms with van der Waals surface area (Å²) in [6.07, 6.45) is 0.978. The number of benzene rings is 1. The van der Waals surface area contributed by atoms with Crippen LogP contribution in [0.2, 0.25) is 0 Å². The summed E-state index contributed by atoms with van der Waals surface area (Å²) in [7, 11) is 0. The zero-order chi connectivity index (χ0) is 14.8. The van der Waals surface area contributed by atoms with Gasteiger partial charge < -0.3 is 10.4 Å². The van der Waals surface area contributed by atoms with Crippen molar-refractivity contribution in [3.8, 4) is 0 Å². The molecule has 110 valence electrons. The fourth-order valence-electron chi connectivity index (χ4n) is 2.35. The first kappa shape index (κ1) is 14.9. The minimum atomic E-state index is -3.71. The SMILES string of the molecule is Cc1ccccc1CCNC(=O)C(F)(F)C1(O)CCC1. The standard InChI is InChI=1S/C15H19F2NO2/c1-11-5-2-3-6-12(11)7-10-18-13(19)15(16,17)14(20)8-4-9-14/h2-3,5-6,20H,4,7-10H2,1H3,(H,18,19). The van der Waals surface area contributed by atoms with E-state index < -0.39 is 17.4 Å².